The molecule has 4 heteroatoms. The highest BCUT2D eigenvalue weighted by atomic mass is 32.1. The van der Waals surface area contributed by atoms with Crippen LogP contribution in [0.15, 0.2) is 24.8 Å². The topological polar surface area (TPSA) is 32.9 Å². The summed E-state index contributed by atoms with van der Waals surface area (Å²) in [5.41, 5.74) is 1.41. The first-order valence-electron chi connectivity index (χ1n) is 4.29. The summed E-state index contributed by atoms with van der Waals surface area (Å²) in [6.45, 7) is 8.77. The number of H-pyrrole nitrogens is 1. The number of carbonyl (C=O) groups excluding carboxylic acids is 1. The second-order valence-corrected chi connectivity index (χ2v) is 4.58. The average molecular weight is 237 g/mol. The Morgan fingerprint density at radius 1 is 1.53 bits per heavy atom. The van der Waals surface area contributed by atoms with Crippen LogP contribution in [0.3, 0.4) is 0 Å². The van der Waals surface area contributed by atoms with Crippen LogP contribution in [-0.2, 0) is 4.79 Å². The van der Waals surface area contributed by atoms with Gasteiger partial charge in [-0.15, -0.1) is 11.3 Å². The quantitative estimate of drug-likeness (QED) is 0.493. The van der Waals surface area contributed by atoms with E-state index in [1.807, 2.05) is 0 Å². The number of rotatable bonds is 4. The van der Waals surface area contributed by atoms with Crippen molar-refractivity contribution in [3.05, 3.63) is 39.3 Å². The standard InChI is InChI=1S/C11H11NOS2/c1-4-8(7(3)13)6-10-9(5-2)12-11(14)15-10/h4-6H,1-2H2,3H3,(H,12,14)/b8-6+. The minimum absolute atomic E-state index is 0.0145. The van der Waals surface area contributed by atoms with Gasteiger partial charge in [-0.3, -0.25) is 4.79 Å². The summed E-state index contributed by atoms with van der Waals surface area (Å²) in [5.74, 6) is -0.0145. The lowest BCUT2D eigenvalue weighted by atomic mass is 10.1. The summed E-state index contributed by atoms with van der Waals surface area (Å²) in [6.07, 6.45) is 4.99. The van der Waals surface area contributed by atoms with Crippen molar-refractivity contribution in [2.45, 2.75) is 6.92 Å². The lowest BCUT2D eigenvalue weighted by Gasteiger charge is -1.95. The fraction of sp³-hybridized carbons (Fsp3) is 0.0909. The third-order valence-electron chi connectivity index (χ3n) is 1.82. The van der Waals surface area contributed by atoms with Gasteiger partial charge in [-0.25, -0.2) is 0 Å². The van der Waals surface area contributed by atoms with Crippen molar-refractivity contribution in [3.8, 4) is 0 Å². The summed E-state index contributed by atoms with van der Waals surface area (Å²) in [7, 11) is 0. The van der Waals surface area contributed by atoms with Crippen LogP contribution in [0.5, 0.6) is 0 Å². The largest absolute Gasteiger partial charge is 0.337 e. The highest BCUT2D eigenvalue weighted by Gasteiger charge is 2.04. The van der Waals surface area contributed by atoms with Crippen molar-refractivity contribution in [3.63, 3.8) is 0 Å². The molecule has 1 heterocycles. The number of carbonyl (C=O) groups is 1. The zero-order chi connectivity index (χ0) is 11.4. The van der Waals surface area contributed by atoms with Gasteiger partial charge in [0.25, 0.3) is 0 Å². The van der Waals surface area contributed by atoms with E-state index in [0.29, 0.717) is 9.53 Å². The lowest BCUT2D eigenvalue weighted by molar-refractivity contribution is -0.113. The number of hydrogen-bond donors (Lipinski definition) is 1. The predicted octanol–water partition coefficient (Wildman–Crippen LogP) is 3.61. The molecule has 1 N–H and O–H groups in total. The number of aromatic amines is 1. The molecule has 0 aliphatic rings. The molecular weight excluding hydrogens is 226 g/mol. The Balaban J connectivity index is 3.27. The van der Waals surface area contributed by atoms with Crippen LogP contribution in [0.2, 0.25) is 0 Å². The highest BCUT2D eigenvalue weighted by Crippen LogP contribution is 2.20. The third kappa shape index (κ3) is 2.84. The zero-order valence-electron chi connectivity index (χ0n) is 8.37. The smallest absolute Gasteiger partial charge is 0.159 e. The second kappa shape index (κ2) is 5.00. The van der Waals surface area contributed by atoms with E-state index in [9.17, 15) is 4.79 Å². The number of aromatic nitrogens is 1. The Hall–Kier alpha value is -1.26. The van der Waals surface area contributed by atoms with Crippen molar-refractivity contribution in [1.29, 1.82) is 0 Å². The van der Waals surface area contributed by atoms with E-state index < -0.39 is 0 Å². The maximum Gasteiger partial charge on any atom is 0.159 e. The molecule has 0 saturated heterocycles. The first-order chi connectivity index (χ1) is 7.08. The first-order valence-corrected chi connectivity index (χ1v) is 5.51. The maximum absolute atomic E-state index is 11.2. The summed E-state index contributed by atoms with van der Waals surface area (Å²) in [4.78, 5) is 15.1. The van der Waals surface area contributed by atoms with Crippen LogP contribution < -0.4 is 0 Å². The molecule has 0 saturated carbocycles. The molecule has 0 radical (unpaired) electrons. The molecule has 0 atom stereocenters. The van der Waals surface area contributed by atoms with Crippen LogP contribution in [0.4, 0.5) is 0 Å². The molecule has 1 aromatic rings. The van der Waals surface area contributed by atoms with E-state index in [1.165, 1.54) is 24.3 Å². The van der Waals surface area contributed by atoms with Crippen LogP contribution in [0.25, 0.3) is 12.2 Å². The van der Waals surface area contributed by atoms with Gasteiger partial charge in [-0.05, 0) is 31.3 Å². The highest BCUT2D eigenvalue weighted by molar-refractivity contribution is 7.73. The van der Waals surface area contributed by atoms with Crippen molar-refractivity contribution in [1.82, 2.24) is 4.98 Å². The molecule has 0 amide bonds. The minimum atomic E-state index is -0.0145. The van der Waals surface area contributed by atoms with Gasteiger partial charge in [0, 0.05) is 5.57 Å². The molecule has 0 fully saturated rings. The number of nitrogens with one attached hydrogen (secondary N) is 1. The van der Waals surface area contributed by atoms with E-state index in [0.717, 1.165) is 10.6 Å². The maximum atomic E-state index is 11.2. The number of thiazole rings is 1. The molecular formula is C11H11NOS2. The van der Waals surface area contributed by atoms with Gasteiger partial charge in [0.2, 0.25) is 0 Å². The van der Waals surface area contributed by atoms with E-state index in [4.69, 9.17) is 12.2 Å². The van der Waals surface area contributed by atoms with Crippen molar-refractivity contribution >= 4 is 41.5 Å². The SMILES string of the molecule is C=C/C(=C\c1sc(=S)[nH]c1C=C)C(C)=O. The Morgan fingerprint density at radius 3 is 2.67 bits per heavy atom. The molecule has 78 valence electrons. The van der Waals surface area contributed by atoms with Gasteiger partial charge < -0.3 is 4.98 Å². The normalized spacial score (nSPS) is 11.1. The Bertz CT molecular complexity index is 491. The monoisotopic (exact) mass is 237 g/mol. The first kappa shape index (κ1) is 11.8. The minimum Gasteiger partial charge on any atom is -0.337 e. The van der Waals surface area contributed by atoms with Gasteiger partial charge >= 0.3 is 0 Å². The van der Waals surface area contributed by atoms with E-state index in [2.05, 4.69) is 18.1 Å². The number of ketones is 1. The molecule has 0 aliphatic carbocycles. The fourth-order valence-electron chi connectivity index (χ4n) is 1.06. The van der Waals surface area contributed by atoms with E-state index in [1.54, 1.807) is 12.2 Å². The van der Waals surface area contributed by atoms with Crippen LogP contribution in [-0.4, -0.2) is 10.8 Å². The van der Waals surface area contributed by atoms with Gasteiger partial charge in [0.15, 0.2) is 9.74 Å². The summed E-state index contributed by atoms with van der Waals surface area (Å²) in [5, 5.41) is 0. The molecule has 15 heavy (non-hydrogen) atoms. The number of hydrogen-bond acceptors (Lipinski definition) is 3. The molecule has 1 aromatic heterocycles. The molecule has 0 unspecified atom stereocenters. The molecule has 0 spiro atoms. The zero-order valence-corrected chi connectivity index (χ0v) is 10.0. The number of Topliss-reactive ketones (excluding diaryl/α,β-unsaturated/α-hetero) is 1. The summed E-state index contributed by atoms with van der Waals surface area (Å²) in [6, 6.07) is 0. The summed E-state index contributed by atoms with van der Waals surface area (Å²) >= 11 is 6.43. The molecule has 2 nitrogen and oxygen atoms in total. The van der Waals surface area contributed by atoms with Crippen molar-refractivity contribution in [2.24, 2.45) is 0 Å². The van der Waals surface area contributed by atoms with Gasteiger partial charge in [-0.1, -0.05) is 19.2 Å². The van der Waals surface area contributed by atoms with Crippen LogP contribution in [0, 0.1) is 3.95 Å². The summed E-state index contributed by atoms with van der Waals surface area (Å²) < 4.78 is 0.670. The molecule has 0 aliphatic heterocycles. The van der Waals surface area contributed by atoms with Gasteiger partial charge in [0.1, 0.15) is 0 Å². The van der Waals surface area contributed by atoms with Crippen molar-refractivity contribution < 1.29 is 4.79 Å². The third-order valence-corrected chi connectivity index (χ3v) is 3.02. The Morgan fingerprint density at radius 2 is 2.20 bits per heavy atom. The number of allylic oxidation sites excluding steroid dienone is 2. The van der Waals surface area contributed by atoms with E-state index in [-0.39, 0.29) is 5.78 Å². The predicted molar refractivity (Wildman–Crippen MR) is 68.4 cm³/mol. The van der Waals surface area contributed by atoms with Crippen LogP contribution in [0.1, 0.15) is 17.5 Å². The molecule has 1 rings (SSSR count). The Labute approximate surface area is 97.7 Å². The second-order valence-electron chi connectivity index (χ2n) is 2.86. The average Bonchev–Trinajstić information content (AvgIpc) is 2.54. The lowest BCUT2D eigenvalue weighted by Crippen LogP contribution is -1.91. The van der Waals surface area contributed by atoms with E-state index >= 15 is 0 Å². The molecule has 0 aromatic carbocycles. The Kier molecular flexibility index (Phi) is 3.94. The molecule has 0 bridgehead atoms. The van der Waals surface area contributed by atoms with Crippen LogP contribution >= 0.6 is 23.6 Å². The fourth-order valence-corrected chi connectivity index (χ4v) is 2.23. The van der Waals surface area contributed by atoms with Gasteiger partial charge in [-0.2, -0.15) is 0 Å². The van der Waals surface area contributed by atoms with Crippen molar-refractivity contribution in [2.75, 3.05) is 0 Å². The van der Waals surface area contributed by atoms with Gasteiger partial charge in [0.05, 0.1) is 10.6 Å².